The van der Waals surface area contributed by atoms with Crippen molar-refractivity contribution in [1.82, 2.24) is 0 Å². The molecule has 2 N–H and O–H groups in total. The Bertz CT molecular complexity index is 682. The zero-order valence-corrected chi connectivity index (χ0v) is 13.6. The fraction of sp³-hybridized carbons (Fsp3) is 0.188. The minimum atomic E-state index is -0.172. The standard InChI is InChI=1S/C16H14BrClN2O/c17-12-6-11(7-13(18)8-12)16(21)20-14-4-3-10-2-1-5-19-15(10)9-14/h3-4,6-9,19H,1-2,5H2,(H,20,21). The van der Waals surface area contributed by atoms with Crippen molar-refractivity contribution >= 4 is 44.8 Å². The Morgan fingerprint density at radius 3 is 2.90 bits per heavy atom. The van der Waals surface area contributed by atoms with Gasteiger partial charge in [0.2, 0.25) is 0 Å². The molecule has 0 saturated heterocycles. The minimum absolute atomic E-state index is 0.172. The fourth-order valence-electron chi connectivity index (χ4n) is 2.43. The van der Waals surface area contributed by atoms with Gasteiger partial charge in [-0.2, -0.15) is 0 Å². The van der Waals surface area contributed by atoms with Crippen LogP contribution >= 0.6 is 27.5 Å². The second kappa shape index (κ2) is 6.08. The molecule has 0 atom stereocenters. The molecule has 1 aliphatic rings. The number of carbonyl (C=O) groups excluding carboxylic acids is 1. The zero-order valence-electron chi connectivity index (χ0n) is 11.2. The Hall–Kier alpha value is -1.52. The van der Waals surface area contributed by atoms with Crippen molar-refractivity contribution < 1.29 is 4.79 Å². The Balaban J connectivity index is 1.81. The quantitative estimate of drug-likeness (QED) is 0.809. The monoisotopic (exact) mass is 364 g/mol. The van der Waals surface area contributed by atoms with E-state index in [0.29, 0.717) is 10.6 Å². The molecular formula is C16H14BrClN2O. The molecular weight excluding hydrogens is 352 g/mol. The van der Waals surface area contributed by atoms with Crippen molar-refractivity contribution in [2.45, 2.75) is 12.8 Å². The summed E-state index contributed by atoms with van der Waals surface area (Å²) in [6.07, 6.45) is 2.23. The van der Waals surface area contributed by atoms with Gasteiger partial charge in [0.25, 0.3) is 5.91 Å². The molecule has 2 aromatic carbocycles. The third kappa shape index (κ3) is 3.39. The number of fused-ring (bicyclic) bond motifs is 1. The van der Waals surface area contributed by atoms with Crippen LogP contribution in [0.4, 0.5) is 11.4 Å². The molecule has 0 spiro atoms. The molecule has 3 nitrogen and oxygen atoms in total. The van der Waals surface area contributed by atoms with Crippen LogP contribution < -0.4 is 10.6 Å². The Labute approximate surface area is 136 Å². The Morgan fingerprint density at radius 2 is 2.10 bits per heavy atom. The third-order valence-electron chi connectivity index (χ3n) is 3.43. The zero-order chi connectivity index (χ0) is 14.8. The predicted molar refractivity (Wildman–Crippen MR) is 90.4 cm³/mol. The molecule has 3 rings (SSSR count). The smallest absolute Gasteiger partial charge is 0.255 e. The number of aryl methyl sites for hydroxylation is 1. The van der Waals surface area contributed by atoms with Crippen molar-refractivity contribution in [1.29, 1.82) is 0 Å². The number of amides is 1. The van der Waals surface area contributed by atoms with Gasteiger partial charge in [-0.25, -0.2) is 0 Å². The van der Waals surface area contributed by atoms with E-state index in [1.165, 1.54) is 5.56 Å². The SMILES string of the molecule is O=C(Nc1ccc2c(c1)NCCC2)c1cc(Cl)cc(Br)c1. The molecule has 2 aromatic rings. The van der Waals surface area contributed by atoms with Gasteiger partial charge in [0.15, 0.2) is 0 Å². The van der Waals surface area contributed by atoms with Crippen molar-refractivity contribution in [2.75, 3.05) is 17.2 Å². The lowest BCUT2D eigenvalue weighted by molar-refractivity contribution is 0.102. The van der Waals surface area contributed by atoms with Gasteiger partial charge < -0.3 is 10.6 Å². The molecule has 1 amide bonds. The predicted octanol–water partition coefficient (Wildman–Crippen LogP) is 4.71. The van der Waals surface area contributed by atoms with Crippen LogP contribution in [0.2, 0.25) is 5.02 Å². The minimum Gasteiger partial charge on any atom is -0.385 e. The summed E-state index contributed by atoms with van der Waals surface area (Å²) < 4.78 is 0.784. The molecule has 0 saturated carbocycles. The van der Waals surface area contributed by atoms with E-state index in [-0.39, 0.29) is 5.91 Å². The second-order valence-corrected chi connectivity index (χ2v) is 6.37. The van der Waals surface area contributed by atoms with E-state index in [9.17, 15) is 4.79 Å². The molecule has 0 fully saturated rings. The second-order valence-electron chi connectivity index (χ2n) is 5.01. The van der Waals surface area contributed by atoms with Gasteiger partial charge in [-0.3, -0.25) is 4.79 Å². The highest BCUT2D eigenvalue weighted by Crippen LogP contribution is 2.26. The lowest BCUT2D eigenvalue weighted by atomic mass is 10.0. The normalized spacial score (nSPS) is 13.2. The third-order valence-corrected chi connectivity index (χ3v) is 4.11. The molecule has 1 heterocycles. The van der Waals surface area contributed by atoms with E-state index < -0.39 is 0 Å². The van der Waals surface area contributed by atoms with Crippen molar-refractivity contribution in [2.24, 2.45) is 0 Å². The summed E-state index contributed by atoms with van der Waals surface area (Å²) in [5.74, 6) is -0.172. The maximum Gasteiger partial charge on any atom is 0.255 e. The number of hydrogen-bond donors (Lipinski definition) is 2. The number of anilines is 2. The van der Waals surface area contributed by atoms with E-state index in [1.807, 2.05) is 12.1 Å². The van der Waals surface area contributed by atoms with Crippen LogP contribution in [-0.4, -0.2) is 12.5 Å². The van der Waals surface area contributed by atoms with E-state index in [4.69, 9.17) is 11.6 Å². The summed E-state index contributed by atoms with van der Waals surface area (Å²) >= 11 is 9.31. The summed E-state index contributed by atoms with van der Waals surface area (Å²) in [6, 6.07) is 11.1. The Morgan fingerprint density at radius 1 is 1.24 bits per heavy atom. The highest BCUT2D eigenvalue weighted by atomic mass is 79.9. The van der Waals surface area contributed by atoms with Gasteiger partial charge in [-0.05, 0) is 48.7 Å². The maximum absolute atomic E-state index is 12.3. The summed E-state index contributed by atoms with van der Waals surface area (Å²) in [6.45, 7) is 0.978. The molecule has 1 aliphatic heterocycles. The first-order valence-corrected chi connectivity index (χ1v) is 7.93. The molecule has 108 valence electrons. The number of hydrogen-bond acceptors (Lipinski definition) is 2. The first kappa shape index (κ1) is 14.4. The van der Waals surface area contributed by atoms with Crippen LogP contribution in [0.15, 0.2) is 40.9 Å². The lowest BCUT2D eigenvalue weighted by Crippen LogP contribution is -2.14. The summed E-state index contributed by atoms with van der Waals surface area (Å²) in [4.78, 5) is 12.3. The van der Waals surface area contributed by atoms with Gasteiger partial charge in [0.05, 0.1) is 0 Å². The van der Waals surface area contributed by atoms with Crippen LogP contribution in [0.3, 0.4) is 0 Å². The molecule has 21 heavy (non-hydrogen) atoms. The van der Waals surface area contributed by atoms with E-state index >= 15 is 0 Å². The van der Waals surface area contributed by atoms with Gasteiger partial charge in [-0.15, -0.1) is 0 Å². The number of halogens is 2. The highest BCUT2D eigenvalue weighted by molar-refractivity contribution is 9.10. The molecule has 0 bridgehead atoms. The van der Waals surface area contributed by atoms with Crippen molar-refractivity contribution in [3.63, 3.8) is 0 Å². The maximum atomic E-state index is 12.3. The molecule has 0 radical (unpaired) electrons. The number of benzene rings is 2. The largest absolute Gasteiger partial charge is 0.385 e. The fourth-order valence-corrected chi connectivity index (χ4v) is 3.29. The van der Waals surface area contributed by atoms with Crippen LogP contribution in [-0.2, 0) is 6.42 Å². The lowest BCUT2D eigenvalue weighted by Gasteiger charge is -2.19. The van der Waals surface area contributed by atoms with E-state index in [0.717, 1.165) is 35.2 Å². The van der Waals surface area contributed by atoms with Gasteiger partial charge in [-0.1, -0.05) is 33.6 Å². The van der Waals surface area contributed by atoms with Crippen LogP contribution in [0.5, 0.6) is 0 Å². The number of rotatable bonds is 2. The molecule has 5 heteroatoms. The van der Waals surface area contributed by atoms with Gasteiger partial charge in [0, 0.05) is 33.0 Å². The molecule has 0 aliphatic carbocycles. The van der Waals surface area contributed by atoms with Gasteiger partial charge >= 0.3 is 0 Å². The average Bonchev–Trinajstić information content (AvgIpc) is 2.46. The van der Waals surface area contributed by atoms with Gasteiger partial charge in [0.1, 0.15) is 0 Å². The molecule has 0 unspecified atom stereocenters. The first-order chi connectivity index (χ1) is 10.1. The van der Waals surface area contributed by atoms with Crippen LogP contribution in [0.25, 0.3) is 0 Å². The first-order valence-electron chi connectivity index (χ1n) is 6.76. The number of carbonyl (C=O) groups is 1. The molecule has 0 aromatic heterocycles. The van der Waals surface area contributed by atoms with Crippen molar-refractivity contribution in [3.8, 4) is 0 Å². The van der Waals surface area contributed by atoms with E-state index in [2.05, 4.69) is 32.6 Å². The highest BCUT2D eigenvalue weighted by Gasteiger charge is 2.12. The Kier molecular flexibility index (Phi) is 4.17. The van der Waals surface area contributed by atoms with E-state index in [1.54, 1.807) is 18.2 Å². The van der Waals surface area contributed by atoms with Crippen LogP contribution in [0, 0.1) is 0 Å². The number of nitrogens with one attached hydrogen (secondary N) is 2. The van der Waals surface area contributed by atoms with Crippen molar-refractivity contribution in [3.05, 3.63) is 57.0 Å². The summed E-state index contributed by atoms with van der Waals surface area (Å²) in [5.41, 5.74) is 3.71. The topological polar surface area (TPSA) is 41.1 Å². The van der Waals surface area contributed by atoms with Crippen LogP contribution in [0.1, 0.15) is 22.3 Å². The average molecular weight is 366 g/mol. The summed E-state index contributed by atoms with van der Waals surface area (Å²) in [7, 11) is 0. The summed E-state index contributed by atoms with van der Waals surface area (Å²) in [5, 5.41) is 6.79.